The standard InChI is InChI=1S/C17H22N4OS/c1-20(2)14-10-23-16-13(14)3-5-18-15(16)17(22)19-12-7-11-4-6-21(8-11)9-12/h3,5,10-12H,4,6-9H2,1-2H3,(H,19,22)/t11-,12-/m1/s1. The number of amides is 1. The van der Waals surface area contributed by atoms with Crippen LogP contribution < -0.4 is 10.2 Å². The van der Waals surface area contributed by atoms with Gasteiger partial charge in [-0.15, -0.1) is 11.3 Å². The average Bonchev–Trinajstić information content (AvgIpc) is 3.10. The Bertz CT molecular complexity index is 729. The van der Waals surface area contributed by atoms with Crippen LogP contribution in [0.1, 0.15) is 23.3 Å². The fourth-order valence-corrected chi connectivity index (χ4v) is 5.00. The van der Waals surface area contributed by atoms with E-state index in [2.05, 4.69) is 25.5 Å². The number of nitrogens with zero attached hydrogens (tertiary/aromatic N) is 3. The van der Waals surface area contributed by atoms with Gasteiger partial charge in [0.05, 0.1) is 10.4 Å². The number of thiophene rings is 1. The third kappa shape index (κ3) is 2.70. The number of piperidine rings is 1. The number of hydrogen-bond donors (Lipinski definition) is 1. The molecular formula is C17H22N4OS. The van der Waals surface area contributed by atoms with E-state index >= 15 is 0 Å². The van der Waals surface area contributed by atoms with Gasteiger partial charge in [-0.05, 0) is 31.4 Å². The van der Waals surface area contributed by atoms with E-state index in [9.17, 15) is 4.79 Å². The molecule has 0 saturated carbocycles. The zero-order valence-corrected chi connectivity index (χ0v) is 14.4. The lowest BCUT2D eigenvalue weighted by Gasteiger charge is -2.30. The first-order valence-electron chi connectivity index (χ1n) is 8.18. The Morgan fingerprint density at radius 3 is 3.09 bits per heavy atom. The predicted octanol–water partition coefficient (Wildman–Crippen LogP) is 2.19. The summed E-state index contributed by atoms with van der Waals surface area (Å²) in [4.78, 5) is 21.6. The smallest absolute Gasteiger partial charge is 0.271 e. The van der Waals surface area contributed by atoms with Gasteiger partial charge in [-0.3, -0.25) is 4.79 Å². The van der Waals surface area contributed by atoms with Crippen LogP contribution in [-0.2, 0) is 0 Å². The molecular weight excluding hydrogens is 308 g/mol. The molecule has 1 amide bonds. The largest absolute Gasteiger partial charge is 0.376 e. The Labute approximate surface area is 140 Å². The second kappa shape index (κ2) is 5.76. The minimum Gasteiger partial charge on any atom is -0.376 e. The summed E-state index contributed by atoms with van der Waals surface area (Å²) >= 11 is 1.60. The first-order valence-corrected chi connectivity index (χ1v) is 9.06. The Morgan fingerprint density at radius 2 is 2.30 bits per heavy atom. The monoisotopic (exact) mass is 330 g/mol. The number of carbonyl (C=O) groups is 1. The topological polar surface area (TPSA) is 48.5 Å². The van der Waals surface area contributed by atoms with Crippen molar-refractivity contribution in [1.29, 1.82) is 0 Å². The molecule has 2 bridgehead atoms. The summed E-state index contributed by atoms with van der Waals surface area (Å²) in [6, 6.07) is 2.25. The van der Waals surface area contributed by atoms with Gasteiger partial charge in [0.15, 0.2) is 0 Å². The van der Waals surface area contributed by atoms with Gasteiger partial charge in [0.2, 0.25) is 0 Å². The minimum absolute atomic E-state index is 0.0322. The van der Waals surface area contributed by atoms with Crippen LogP contribution in [0.4, 0.5) is 5.69 Å². The van der Waals surface area contributed by atoms with Gasteiger partial charge < -0.3 is 15.1 Å². The lowest BCUT2D eigenvalue weighted by Crippen LogP contribution is -2.47. The number of carbonyl (C=O) groups excluding carboxylic acids is 1. The summed E-state index contributed by atoms with van der Waals surface area (Å²) in [5.41, 5.74) is 1.71. The maximum atomic E-state index is 12.7. The van der Waals surface area contributed by atoms with E-state index in [4.69, 9.17) is 0 Å². The van der Waals surface area contributed by atoms with E-state index in [-0.39, 0.29) is 11.9 Å². The van der Waals surface area contributed by atoms with Crippen molar-refractivity contribution in [3.8, 4) is 0 Å². The van der Waals surface area contributed by atoms with Crippen LogP contribution in [0.25, 0.3) is 10.1 Å². The number of aromatic nitrogens is 1. The second-order valence-electron chi connectivity index (χ2n) is 6.87. The molecule has 2 aromatic heterocycles. The van der Waals surface area contributed by atoms with Crippen LogP contribution in [0.15, 0.2) is 17.6 Å². The number of fused-ring (bicyclic) bond motifs is 3. The summed E-state index contributed by atoms with van der Waals surface area (Å²) in [5, 5.41) is 6.41. The van der Waals surface area contributed by atoms with Crippen molar-refractivity contribution in [3.05, 3.63) is 23.3 Å². The molecule has 0 aromatic carbocycles. The van der Waals surface area contributed by atoms with Gasteiger partial charge in [0.25, 0.3) is 5.91 Å². The lowest BCUT2D eigenvalue weighted by atomic mass is 9.97. The van der Waals surface area contributed by atoms with E-state index in [1.54, 1.807) is 17.5 Å². The Hall–Kier alpha value is -1.66. The fourth-order valence-electron chi connectivity index (χ4n) is 3.87. The predicted molar refractivity (Wildman–Crippen MR) is 94.4 cm³/mol. The second-order valence-corrected chi connectivity index (χ2v) is 7.75. The van der Waals surface area contributed by atoms with Crippen molar-refractivity contribution in [3.63, 3.8) is 0 Å². The lowest BCUT2D eigenvalue weighted by molar-refractivity contribution is 0.0906. The minimum atomic E-state index is -0.0322. The van der Waals surface area contributed by atoms with Crippen molar-refractivity contribution in [1.82, 2.24) is 15.2 Å². The molecule has 0 spiro atoms. The highest BCUT2D eigenvalue weighted by atomic mass is 32.1. The van der Waals surface area contributed by atoms with Crippen molar-refractivity contribution in [2.24, 2.45) is 5.92 Å². The number of rotatable bonds is 3. The molecule has 2 aromatic rings. The quantitative estimate of drug-likeness (QED) is 0.937. The summed E-state index contributed by atoms with van der Waals surface area (Å²) in [7, 11) is 4.04. The molecule has 2 saturated heterocycles. The molecule has 0 radical (unpaired) electrons. The molecule has 3 atom stereocenters. The SMILES string of the molecule is CN(C)c1csc2c(C(=O)N[C@@H]3C[C@H]4CCN(C4)C3)nccc12. The third-order valence-corrected chi connectivity index (χ3v) is 5.96. The van der Waals surface area contributed by atoms with Crippen LogP contribution in [0, 0.1) is 5.92 Å². The molecule has 1 unspecified atom stereocenters. The van der Waals surface area contributed by atoms with Crippen molar-refractivity contribution in [2.45, 2.75) is 18.9 Å². The Morgan fingerprint density at radius 1 is 1.43 bits per heavy atom. The number of pyridine rings is 1. The van der Waals surface area contributed by atoms with E-state index in [0.717, 1.165) is 34.7 Å². The number of anilines is 1. The zero-order chi connectivity index (χ0) is 16.0. The highest BCUT2D eigenvalue weighted by molar-refractivity contribution is 7.18. The number of hydrogen-bond acceptors (Lipinski definition) is 5. The molecule has 0 aliphatic carbocycles. The first-order chi connectivity index (χ1) is 11.1. The maximum Gasteiger partial charge on any atom is 0.271 e. The normalized spacial score (nSPS) is 26.4. The van der Waals surface area contributed by atoms with E-state index < -0.39 is 0 Å². The molecule has 1 N–H and O–H groups in total. The zero-order valence-electron chi connectivity index (χ0n) is 13.6. The summed E-state index contributed by atoms with van der Waals surface area (Å²) < 4.78 is 0.979. The van der Waals surface area contributed by atoms with Gasteiger partial charge >= 0.3 is 0 Å². The molecule has 2 fully saturated rings. The molecule has 4 heterocycles. The molecule has 6 heteroatoms. The van der Waals surface area contributed by atoms with Crippen molar-refractivity contribution < 1.29 is 4.79 Å². The first kappa shape index (κ1) is 14.9. The van der Waals surface area contributed by atoms with E-state index in [0.29, 0.717) is 5.69 Å². The van der Waals surface area contributed by atoms with Gasteiger partial charge in [0, 0.05) is 50.2 Å². The summed E-state index contributed by atoms with van der Waals surface area (Å²) in [5.74, 6) is 0.718. The highest BCUT2D eigenvalue weighted by Gasteiger charge is 2.33. The fraction of sp³-hybridized carbons (Fsp3) is 0.529. The highest BCUT2D eigenvalue weighted by Crippen LogP contribution is 2.33. The molecule has 2 aliphatic heterocycles. The van der Waals surface area contributed by atoms with Crippen LogP contribution >= 0.6 is 11.3 Å². The molecule has 122 valence electrons. The van der Waals surface area contributed by atoms with Crippen LogP contribution in [0.5, 0.6) is 0 Å². The Kier molecular flexibility index (Phi) is 3.73. The molecule has 5 nitrogen and oxygen atoms in total. The Balaban J connectivity index is 1.57. The summed E-state index contributed by atoms with van der Waals surface area (Å²) in [6.45, 7) is 3.37. The van der Waals surface area contributed by atoms with Crippen LogP contribution in [0.3, 0.4) is 0 Å². The van der Waals surface area contributed by atoms with Crippen molar-refractivity contribution in [2.75, 3.05) is 38.6 Å². The third-order valence-electron chi connectivity index (χ3n) is 4.97. The van der Waals surface area contributed by atoms with Gasteiger partial charge in [-0.2, -0.15) is 0 Å². The van der Waals surface area contributed by atoms with E-state index in [1.807, 2.05) is 20.2 Å². The van der Waals surface area contributed by atoms with E-state index in [1.165, 1.54) is 19.5 Å². The maximum absolute atomic E-state index is 12.7. The van der Waals surface area contributed by atoms with Crippen LogP contribution in [0.2, 0.25) is 0 Å². The van der Waals surface area contributed by atoms with Gasteiger partial charge in [-0.1, -0.05) is 0 Å². The van der Waals surface area contributed by atoms with Crippen molar-refractivity contribution >= 4 is 33.0 Å². The average molecular weight is 330 g/mol. The molecule has 23 heavy (non-hydrogen) atoms. The van der Waals surface area contributed by atoms with Gasteiger partial charge in [-0.25, -0.2) is 4.98 Å². The molecule has 4 rings (SSSR count). The molecule has 2 aliphatic rings. The number of nitrogens with one attached hydrogen (secondary N) is 1. The summed E-state index contributed by atoms with van der Waals surface area (Å²) in [6.07, 6.45) is 4.12. The van der Waals surface area contributed by atoms with Gasteiger partial charge in [0.1, 0.15) is 5.69 Å². The van der Waals surface area contributed by atoms with Crippen LogP contribution in [-0.4, -0.2) is 55.6 Å².